The Labute approximate surface area is 143 Å². The number of Topliss-reactive ketones (excluding diaryl/α,β-unsaturated/α-hetero) is 1. The SMILES string of the molecule is CC(=O)c1ccc(C(=O)NC2C3CCCC2CC(N)C3)cc1.Cl. The van der Waals surface area contributed by atoms with E-state index in [0.717, 1.165) is 12.8 Å². The molecular weight excluding hydrogens is 312 g/mol. The lowest BCUT2D eigenvalue weighted by Gasteiger charge is -2.45. The molecule has 0 aromatic heterocycles. The molecule has 0 heterocycles. The van der Waals surface area contributed by atoms with Crippen molar-refractivity contribution in [3.8, 4) is 0 Å². The van der Waals surface area contributed by atoms with E-state index < -0.39 is 0 Å². The Hall–Kier alpha value is -1.39. The van der Waals surface area contributed by atoms with E-state index >= 15 is 0 Å². The van der Waals surface area contributed by atoms with Gasteiger partial charge in [0.05, 0.1) is 0 Å². The van der Waals surface area contributed by atoms with Gasteiger partial charge in [0.2, 0.25) is 0 Å². The highest BCUT2D eigenvalue weighted by molar-refractivity contribution is 5.97. The van der Waals surface area contributed by atoms with Crippen molar-refractivity contribution >= 4 is 24.1 Å². The predicted molar refractivity (Wildman–Crippen MR) is 93.0 cm³/mol. The van der Waals surface area contributed by atoms with Crippen LogP contribution >= 0.6 is 12.4 Å². The van der Waals surface area contributed by atoms with Crippen LogP contribution in [-0.2, 0) is 0 Å². The Bertz CT molecular complexity index is 559. The largest absolute Gasteiger partial charge is 0.349 e. The van der Waals surface area contributed by atoms with Crippen molar-refractivity contribution in [3.05, 3.63) is 35.4 Å². The number of fused-ring (bicyclic) bond motifs is 2. The van der Waals surface area contributed by atoms with E-state index in [2.05, 4.69) is 5.32 Å². The zero-order valence-corrected chi connectivity index (χ0v) is 14.3. The maximum absolute atomic E-state index is 12.5. The van der Waals surface area contributed by atoms with Gasteiger partial charge in [0.15, 0.2) is 5.78 Å². The first kappa shape index (κ1) is 18.0. The highest BCUT2D eigenvalue weighted by atomic mass is 35.5. The van der Waals surface area contributed by atoms with E-state index in [1.165, 1.54) is 26.2 Å². The van der Waals surface area contributed by atoms with Gasteiger partial charge in [-0.3, -0.25) is 9.59 Å². The van der Waals surface area contributed by atoms with Gasteiger partial charge in [-0.2, -0.15) is 0 Å². The molecule has 0 radical (unpaired) electrons. The van der Waals surface area contributed by atoms with Crippen molar-refractivity contribution in [2.75, 3.05) is 0 Å². The Morgan fingerprint density at radius 3 is 2.09 bits per heavy atom. The van der Waals surface area contributed by atoms with Gasteiger partial charge in [-0.05, 0) is 56.6 Å². The second kappa shape index (κ2) is 7.45. The van der Waals surface area contributed by atoms with Crippen LogP contribution in [0.1, 0.15) is 59.7 Å². The molecule has 0 aliphatic heterocycles. The third-order valence-corrected chi connectivity index (χ3v) is 5.23. The van der Waals surface area contributed by atoms with E-state index in [4.69, 9.17) is 5.73 Å². The van der Waals surface area contributed by atoms with Gasteiger partial charge < -0.3 is 11.1 Å². The predicted octanol–water partition coefficient (Wildman–Crippen LogP) is 2.95. The Balaban J connectivity index is 0.00000192. The molecule has 2 bridgehead atoms. The molecule has 23 heavy (non-hydrogen) atoms. The molecule has 5 heteroatoms. The van der Waals surface area contributed by atoms with Crippen LogP contribution in [0.4, 0.5) is 0 Å². The maximum Gasteiger partial charge on any atom is 0.251 e. The number of rotatable bonds is 3. The number of carbonyl (C=O) groups excluding carboxylic acids is 2. The number of ketones is 1. The molecule has 2 fully saturated rings. The fourth-order valence-electron chi connectivity index (χ4n) is 4.12. The number of carbonyl (C=O) groups is 2. The summed E-state index contributed by atoms with van der Waals surface area (Å²) in [5.41, 5.74) is 7.39. The fourth-order valence-corrected chi connectivity index (χ4v) is 4.12. The van der Waals surface area contributed by atoms with Gasteiger partial charge in [0.1, 0.15) is 0 Å². The monoisotopic (exact) mass is 336 g/mol. The first-order chi connectivity index (χ1) is 10.5. The minimum Gasteiger partial charge on any atom is -0.349 e. The van der Waals surface area contributed by atoms with E-state index in [0.29, 0.717) is 29.0 Å². The summed E-state index contributed by atoms with van der Waals surface area (Å²) in [4.78, 5) is 23.8. The molecule has 2 saturated carbocycles. The van der Waals surface area contributed by atoms with Crippen LogP contribution in [0.15, 0.2) is 24.3 Å². The minimum absolute atomic E-state index is 0. The number of nitrogens with two attached hydrogens (primary N) is 1. The summed E-state index contributed by atoms with van der Waals surface area (Å²) >= 11 is 0. The molecule has 3 N–H and O–H groups in total. The van der Waals surface area contributed by atoms with Crippen LogP contribution in [0.2, 0.25) is 0 Å². The first-order valence-electron chi connectivity index (χ1n) is 8.22. The number of halogens is 1. The van der Waals surface area contributed by atoms with E-state index in [-0.39, 0.29) is 30.1 Å². The molecule has 0 spiro atoms. The minimum atomic E-state index is -0.0347. The molecule has 3 rings (SSSR count). The molecule has 126 valence electrons. The summed E-state index contributed by atoms with van der Waals surface area (Å²) in [5, 5.41) is 3.23. The van der Waals surface area contributed by atoms with Crippen LogP contribution in [0.3, 0.4) is 0 Å². The zero-order chi connectivity index (χ0) is 15.7. The van der Waals surface area contributed by atoms with E-state index in [1.807, 2.05) is 0 Å². The Kier molecular flexibility index (Phi) is 5.82. The number of hydrogen-bond donors (Lipinski definition) is 2. The van der Waals surface area contributed by atoms with E-state index in [9.17, 15) is 9.59 Å². The second-order valence-electron chi connectivity index (χ2n) is 6.82. The summed E-state index contributed by atoms with van der Waals surface area (Å²) in [7, 11) is 0. The van der Waals surface area contributed by atoms with Crippen LogP contribution in [-0.4, -0.2) is 23.8 Å². The lowest BCUT2D eigenvalue weighted by Crippen LogP contribution is -2.53. The van der Waals surface area contributed by atoms with Crippen molar-refractivity contribution in [2.24, 2.45) is 17.6 Å². The standard InChI is InChI=1S/C18H24N2O2.ClH/c1-11(21)12-5-7-13(8-6-12)18(22)20-17-14-3-2-4-15(17)10-16(19)9-14;/h5-8,14-17H,2-4,9-10,19H2,1H3,(H,20,22);1H. The molecule has 2 unspecified atom stereocenters. The van der Waals surface area contributed by atoms with Crippen LogP contribution in [0.5, 0.6) is 0 Å². The molecule has 1 amide bonds. The summed E-state index contributed by atoms with van der Waals surface area (Å²) < 4.78 is 0. The maximum atomic E-state index is 12.5. The lowest BCUT2D eigenvalue weighted by atomic mass is 9.67. The smallest absolute Gasteiger partial charge is 0.251 e. The first-order valence-corrected chi connectivity index (χ1v) is 8.22. The third-order valence-electron chi connectivity index (χ3n) is 5.23. The molecule has 4 nitrogen and oxygen atoms in total. The van der Waals surface area contributed by atoms with Crippen molar-refractivity contribution in [3.63, 3.8) is 0 Å². The fraction of sp³-hybridized carbons (Fsp3) is 0.556. The summed E-state index contributed by atoms with van der Waals surface area (Å²) in [5.74, 6) is 1.01. The second-order valence-corrected chi connectivity index (χ2v) is 6.82. The number of amides is 1. The molecule has 1 aromatic carbocycles. The third kappa shape index (κ3) is 3.93. The average molecular weight is 337 g/mol. The lowest BCUT2D eigenvalue weighted by molar-refractivity contribution is 0.0755. The van der Waals surface area contributed by atoms with Crippen LogP contribution < -0.4 is 11.1 Å². The number of nitrogens with one attached hydrogen (secondary N) is 1. The van der Waals surface area contributed by atoms with Gasteiger partial charge in [-0.25, -0.2) is 0 Å². The van der Waals surface area contributed by atoms with Crippen molar-refractivity contribution in [1.29, 1.82) is 0 Å². The molecule has 2 aliphatic rings. The Morgan fingerprint density at radius 2 is 1.57 bits per heavy atom. The molecule has 2 aliphatic carbocycles. The number of hydrogen-bond acceptors (Lipinski definition) is 3. The zero-order valence-electron chi connectivity index (χ0n) is 13.5. The normalized spacial score (nSPS) is 29.3. The highest BCUT2D eigenvalue weighted by Gasteiger charge is 2.39. The quantitative estimate of drug-likeness (QED) is 0.833. The summed E-state index contributed by atoms with van der Waals surface area (Å²) in [6.45, 7) is 1.53. The average Bonchev–Trinajstić information content (AvgIpc) is 2.48. The number of benzene rings is 1. The van der Waals surface area contributed by atoms with Crippen molar-refractivity contribution in [2.45, 2.75) is 51.1 Å². The summed E-state index contributed by atoms with van der Waals surface area (Å²) in [6.07, 6.45) is 5.62. The molecule has 2 atom stereocenters. The van der Waals surface area contributed by atoms with Crippen molar-refractivity contribution in [1.82, 2.24) is 5.32 Å². The molecular formula is C18H25ClN2O2. The molecule has 1 aromatic rings. The Morgan fingerprint density at radius 1 is 1.04 bits per heavy atom. The topological polar surface area (TPSA) is 72.2 Å². The summed E-state index contributed by atoms with van der Waals surface area (Å²) in [6, 6.07) is 7.45. The van der Waals surface area contributed by atoms with Crippen molar-refractivity contribution < 1.29 is 9.59 Å². The highest BCUT2D eigenvalue weighted by Crippen LogP contribution is 2.39. The van der Waals surface area contributed by atoms with Crippen LogP contribution in [0.25, 0.3) is 0 Å². The van der Waals surface area contributed by atoms with Crippen LogP contribution in [0, 0.1) is 11.8 Å². The van der Waals surface area contributed by atoms with Gasteiger partial charge in [-0.15, -0.1) is 12.4 Å². The molecule has 0 saturated heterocycles. The van der Waals surface area contributed by atoms with Gasteiger partial charge in [0.25, 0.3) is 5.91 Å². The van der Waals surface area contributed by atoms with Gasteiger partial charge >= 0.3 is 0 Å². The van der Waals surface area contributed by atoms with Gasteiger partial charge in [0, 0.05) is 23.2 Å². The van der Waals surface area contributed by atoms with E-state index in [1.54, 1.807) is 24.3 Å². The van der Waals surface area contributed by atoms with Gasteiger partial charge in [-0.1, -0.05) is 18.6 Å².